The topological polar surface area (TPSA) is 30.7 Å². The van der Waals surface area contributed by atoms with Crippen LogP contribution in [0.1, 0.15) is 16.7 Å². The van der Waals surface area contributed by atoms with Crippen LogP contribution in [0.5, 0.6) is 0 Å². The first-order valence-electron chi connectivity index (χ1n) is 9.17. The van der Waals surface area contributed by atoms with Crippen molar-refractivity contribution in [1.82, 2.24) is 14.8 Å². The molecule has 0 spiro atoms. The number of hydrogen-bond acceptors (Lipinski definition) is 3. The predicted molar refractivity (Wildman–Crippen MR) is 112 cm³/mol. The molecule has 0 bridgehead atoms. The van der Waals surface area contributed by atoms with Crippen LogP contribution in [0.2, 0.25) is 0 Å². The summed E-state index contributed by atoms with van der Waals surface area (Å²) in [4.78, 5) is 0. The second kappa shape index (κ2) is 8.17. The maximum Gasteiger partial charge on any atom is 0.196 e. The van der Waals surface area contributed by atoms with E-state index in [4.69, 9.17) is 0 Å². The van der Waals surface area contributed by atoms with Gasteiger partial charge in [-0.05, 0) is 49.7 Å². The highest BCUT2D eigenvalue weighted by molar-refractivity contribution is 7.98. The van der Waals surface area contributed by atoms with Crippen molar-refractivity contribution in [3.8, 4) is 17.1 Å². The Bertz CT molecular complexity index is 1150. The summed E-state index contributed by atoms with van der Waals surface area (Å²) >= 11 is 1.43. The Balaban J connectivity index is 1.73. The molecule has 0 unspecified atom stereocenters. The average molecular weight is 407 g/mol. The molecule has 29 heavy (non-hydrogen) atoms. The summed E-state index contributed by atoms with van der Waals surface area (Å²) in [5.74, 6) is -0.494. The van der Waals surface area contributed by atoms with Gasteiger partial charge in [-0.1, -0.05) is 59.3 Å². The third kappa shape index (κ3) is 4.22. The highest BCUT2D eigenvalue weighted by Gasteiger charge is 2.16. The van der Waals surface area contributed by atoms with Crippen molar-refractivity contribution in [3.05, 3.63) is 95.1 Å². The third-order valence-electron chi connectivity index (χ3n) is 4.55. The molecular weight excluding hydrogens is 388 g/mol. The maximum absolute atomic E-state index is 13.5. The van der Waals surface area contributed by atoms with Crippen molar-refractivity contribution in [2.45, 2.75) is 24.8 Å². The summed E-state index contributed by atoms with van der Waals surface area (Å²) in [5, 5.41) is 9.50. The van der Waals surface area contributed by atoms with Gasteiger partial charge < -0.3 is 0 Å². The van der Waals surface area contributed by atoms with Crippen molar-refractivity contribution in [1.29, 1.82) is 0 Å². The minimum absolute atomic E-state index is 0.453. The van der Waals surface area contributed by atoms with Gasteiger partial charge in [-0.25, -0.2) is 8.78 Å². The van der Waals surface area contributed by atoms with E-state index in [0.717, 1.165) is 34.3 Å². The fourth-order valence-electron chi connectivity index (χ4n) is 3.04. The van der Waals surface area contributed by atoms with Crippen LogP contribution in [0.25, 0.3) is 17.1 Å². The summed E-state index contributed by atoms with van der Waals surface area (Å²) in [7, 11) is 0. The minimum Gasteiger partial charge on any atom is -0.270 e. The lowest BCUT2D eigenvalue weighted by Crippen LogP contribution is -2.00. The Morgan fingerprint density at radius 3 is 2.34 bits per heavy atom. The van der Waals surface area contributed by atoms with Crippen LogP contribution in [0, 0.1) is 25.5 Å². The molecule has 0 saturated heterocycles. The Morgan fingerprint density at radius 2 is 1.62 bits per heavy atom. The lowest BCUT2D eigenvalue weighted by Gasteiger charge is -2.11. The van der Waals surface area contributed by atoms with E-state index in [1.165, 1.54) is 17.8 Å². The van der Waals surface area contributed by atoms with Crippen molar-refractivity contribution < 1.29 is 8.78 Å². The molecule has 0 atom stereocenters. The maximum atomic E-state index is 13.5. The molecule has 0 N–H and O–H groups in total. The zero-order chi connectivity index (χ0) is 20.4. The second-order valence-corrected chi connectivity index (χ2v) is 7.83. The van der Waals surface area contributed by atoms with Crippen LogP contribution >= 0.6 is 11.8 Å². The summed E-state index contributed by atoms with van der Waals surface area (Å²) in [6.07, 6.45) is 0. The molecule has 0 aliphatic heterocycles. The molecule has 1 aromatic heterocycles. The first-order chi connectivity index (χ1) is 14.0. The molecular formula is C23H19F2N3S. The molecule has 0 fully saturated rings. The van der Waals surface area contributed by atoms with Gasteiger partial charge >= 0.3 is 0 Å². The Kier molecular flexibility index (Phi) is 5.45. The fraction of sp³-hybridized carbons (Fsp3) is 0.130. The van der Waals surface area contributed by atoms with E-state index in [1.54, 1.807) is 6.07 Å². The highest BCUT2D eigenvalue weighted by atomic mass is 32.2. The highest BCUT2D eigenvalue weighted by Crippen LogP contribution is 2.30. The van der Waals surface area contributed by atoms with E-state index in [2.05, 4.69) is 16.3 Å². The summed E-state index contributed by atoms with van der Waals surface area (Å²) < 4.78 is 28.7. The Labute approximate surface area is 172 Å². The quantitative estimate of drug-likeness (QED) is 0.373. The van der Waals surface area contributed by atoms with Gasteiger partial charge in [0.05, 0.1) is 0 Å². The predicted octanol–water partition coefficient (Wildman–Crippen LogP) is 6.12. The number of halogens is 2. The first-order valence-corrected chi connectivity index (χ1v) is 10.2. The number of thioether (sulfide) groups is 1. The molecule has 6 heteroatoms. The van der Waals surface area contributed by atoms with E-state index < -0.39 is 11.6 Å². The van der Waals surface area contributed by atoms with E-state index in [9.17, 15) is 8.78 Å². The largest absolute Gasteiger partial charge is 0.270 e. The van der Waals surface area contributed by atoms with Gasteiger partial charge in [0.25, 0.3) is 0 Å². The normalized spacial score (nSPS) is 11.0. The fourth-order valence-corrected chi connectivity index (χ4v) is 3.93. The average Bonchev–Trinajstić information content (AvgIpc) is 3.13. The molecule has 4 rings (SSSR count). The van der Waals surface area contributed by atoms with Crippen molar-refractivity contribution >= 4 is 11.8 Å². The van der Waals surface area contributed by atoms with Gasteiger partial charge in [-0.2, -0.15) is 0 Å². The van der Waals surface area contributed by atoms with Gasteiger partial charge in [0.1, 0.15) is 0 Å². The van der Waals surface area contributed by atoms with E-state index in [1.807, 2.05) is 60.9 Å². The summed E-state index contributed by atoms with van der Waals surface area (Å²) in [5.41, 5.74) is 4.90. The number of aryl methyl sites for hydroxylation is 2. The summed E-state index contributed by atoms with van der Waals surface area (Å²) in [6, 6.07) is 20.2. The number of hydrogen-bond donors (Lipinski definition) is 0. The van der Waals surface area contributed by atoms with E-state index in [-0.39, 0.29) is 0 Å². The van der Waals surface area contributed by atoms with Crippen LogP contribution in [0.3, 0.4) is 0 Å². The SMILES string of the molecule is Cc1ccc(-n2c(SCc3ccc(F)c(F)c3)nnc2-c2cccc(C)c2)cc1. The molecule has 0 aliphatic rings. The smallest absolute Gasteiger partial charge is 0.196 e. The lowest BCUT2D eigenvalue weighted by molar-refractivity contribution is 0.507. The molecule has 0 aliphatic carbocycles. The van der Waals surface area contributed by atoms with Gasteiger partial charge in [0, 0.05) is 17.0 Å². The number of aromatic nitrogens is 3. The van der Waals surface area contributed by atoms with Crippen molar-refractivity contribution in [2.75, 3.05) is 0 Å². The first kappa shape index (κ1) is 19.3. The monoisotopic (exact) mass is 407 g/mol. The van der Waals surface area contributed by atoms with Gasteiger partial charge in [0.15, 0.2) is 22.6 Å². The van der Waals surface area contributed by atoms with Gasteiger partial charge in [-0.3, -0.25) is 4.57 Å². The zero-order valence-electron chi connectivity index (χ0n) is 16.1. The van der Waals surface area contributed by atoms with Crippen molar-refractivity contribution in [3.63, 3.8) is 0 Å². The van der Waals surface area contributed by atoms with Crippen LogP contribution in [0.15, 0.2) is 71.9 Å². The van der Waals surface area contributed by atoms with Gasteiger partial charge in [0.2, 0.25) is 0 Å². The minimum atomic E-state index is -0.844. The van der Waals surface area contributed by atoms with Crippen LogP contribution in [0.4, 0.5) is 8.78 Å². The second-order valence-electron chi connectivity index (χ2n) is 6.88. The molecule has 0 saturated carbocycles. The van der Waals surface area contributed by atoms with Crippen LogP contribution < -0.4 is 0 Å². The number of nitrogens with zero attached hydrogens (tertiary/aromatic N) is 3. The third-order valence-corrected chi connectivity index (χ3v) is 5.55. The van der Waals surface area contributed by atoms with Crippen molar-refractivity contribution in [2.24, 2.45) is 0 Å². The molecule has 0 radical (unpaired) electrons. The molecule has 4 aromatic rings. The zero-order valence-corrected chi connectivity index (χ0v) is 16.9. The van der Waals surface area contributed by atoms with Crippen LogP contribution in [-0.4, -0.2) is 14.8 Å². The Hall–Kier alpha value is -2.99. The number of rotatable bonds is 5. The van der Waals surface area contributed by atoms with Gasteiger partial charge in [-0.15, -0.1) is 10.2 Å². The lowest BCUT2D eigenvalue weighted by atomic mass is 10.1. The molecule has 3 aromatic carbocycles. The van der Waals surface area contributed by atoms with E-state index in [0.29, 0.717) is 16.5 Å². The molecule has 1 heterocycles. The molecule has 146 valence electrons. The molecule has 3 nitrogen and oxygen atoms in total. The molecule has 0 amide bonds. The number of benzene rings is 3. The summed E-state index contributed by atoms with van der Waals surface area (Å²) in [6.45, 7) is 4.07. The van der Waals surface area contributed by atoms with E-state index >= 15 is 0 Å². The standard InChI is InChI=1S/C23H19F2N3S/c1-15-6-9-19(10-7-15)28-22(18-5-3-4-16(2)12-18)26-27-23(28)29-14-17-8-11-20(24)21(25)13-17/h3-13H,14H2,1-2H3. The Morgan fingerprint density at radius 1 is 0.828 bits per heavy atom. The van der Waals surface area contributed by atoms with Crippen LogP contribution in [-0.2, 0) is 5.75 Å².